The van der Waals surface area contributed by atoms with Crippen LogP contribution >= 0.6 is 15.9 Å². The lowest BCUT2D eigenvalue weighted by molar-refractivity contribution is -0.122. The van der Waals surface area contributed by atoms with Crippen LogP contribution in [0.3, 0.4) is 0 Å². The summed E-state index contributed by atoms with van der Waals surface area (Å²) in [6.07, 6.45) is 2.03. The van der Waals surface area contributed by atoms with Crippen molar-refractivity contribution in [1.82, 2.24) is 5.32 Å². The molecule has 1 aliphatic carbocycles. The Labute approximate surface area is 111 Å². The van der Waals surface area contributed by atoms with Crippen molar-refractivity contribution >= 4 is 21.8 Å². The molecule has 2 nitrogen and oxygen atoms in total. The van der Waals surface area contributed by atoms with Crippen molar-refractivity contribution in [3.63, 3.8) is 0 Å². The molecule has 0 saturated heterocycles. The van der Waals surface area contributed by atoms with E-state index >= 15 is 0 Å². The average Bonchev–Trinajstić information content (AvgIpc) is 3.17. The second kappa shape index (κ2) is 5.67. The summed E-state index contributed by atoms with van der Waals surface area (Å²) in [7, 11) is 0. The van der Waals surface area contributed by atoms with Crippen LogP contribution in [0, 0.1) is 5.92 Å². The zero-order valence-corrected chi connectivity index (χ0v) is 11.6. The van der Waals surface area contributed by atoms with Gasteiger partial charge in [-0.1, -0.05) is 53.2 Å². The number of benzene rings is 1. The maximum absolute atomic E-state index is 11.9. The van der Waals surface area contributed by atoms with Crippen LogP contribution in [0.4, 0.5) is 0 Å². The minimum absolute atomic E-state index is 0.189. The van der Waals surface area contributed by atoms with Crippen LogP contribution in [0.1, 0.15) is 31.2 Å². The minimum Gasteiger partial charge on any atom is -0.355 e. The van der Waals surface area contributed by atoms with Crippen LogP contribution in [-0.4, -0.2) is 17.3 Å². The van der Waals surface area contributed by atoms with Gasteiger partial charge in [-0.25, -0.2) is 0 Å². The van der Waals surface area contributed by atoms with Gasteiger partial charge in [-0.3, -0.25) is 4.79 Å². The van der Waals surface area contributed by atoms with Crippen LogP contribution < -0.4 is 5.32 Å². The van der Waals surface area contributed by atoms with E-state index in [2.05, 4.69) is 40.3 Å². The maximum atomic E-state index is 11.9. The Bertz CT molecular complexity index is 379. The molecule has 0 aromatic heterocycles. The van der Waals surface area contributed by atoms with Crippen LogP contribution in [0.15, 0.2) is 30.3 Å². The Morgan fingerprint density at radius 1 is 1.47 bits per heavy atom. The fourth-order valence-corrected chi connectivity index (χ4v) is 2.20. The van der Waals surface area contributed by atoms with E-state index in [0.29, 0.717) is 10.7 Å². The van der Waals surface area contributed by atoms with Crippen LogP contribution in [-0.2, 0) is 4.79 Å². The number of hydrogen-bond donors (Lipinski definition) is 1. The van der Waals surface area contributed by atoms with Crippen molar-refractivity contribution in [3.8, 4) is 0 Å². The number of hydrogen-bond acceptors (Lipinski definition) is 1. The molecule has 0 bridgehead atoms. The van der Waals surface area contributed by atoms with Gasteiger partial charge in [0.1, 0.15) is 0 Å². The van der Waals surface area contributed by atoms with Gasteiger partial charge in [0.25, 0.3) is 0 Å². The monoisotopic (exact) mass is 295 g/mol. The Kier molecular flexibility index (Phi) is 4.21. The van der Waals surface area contributed by atoms with Crippen molar-refractivity contribution in [2.24, 2.45) is 5.92 Å². The van der Waals surface area contributed by atoms with Gasteiger partial charge in [0.15, 0.2) is 0 Å². The molecule has 1 amide bonds. The number of amides is 1. The van der Waals surface area contributed by atoms with Crippen molar-refractivity contribution in [1.29, 1.82) is 0 Å². The number of alkyl halides is 1. The van der Waals surface area contributed by atoms with E-state index in [4.69, 9.17) is 0 Å². The predicted octanol–water partition coefficient (Wildman–Crippen LogP) is 3.08. The Morgan fingerprint density at radius 3 is 2.82 bits per heavy atom. The first kappa shape index (κ1) is 12.6. The summed E-state index contributed by atoms with van der Waals surface area (Å²) in [5, 5.41) is 3.01. The molecule has 92 valence electrons. The molecule has 1 saturated carbocycles. The van der Waals surface area contributed by atoms with Crippen LogP contribution in [0.5, 0.6) is 0 Å². The summed E-state index contributed by atoms with van der Waals surface area (Å²) in [6.45, 7) is 2.84. The summed E-state index contributed by atoms with van der Waals surface area (Å²) < 4.78 is 0. The molecule has 0 aliphatic heterocycles. The van der Waals surface area contributed by atoms with Crippen molar-refractivity contribution in [2.75, 3.05) is 6.54 Å². The highest BCUT2D eigenvalue weighted by Crippen LogP contribution is 2.47. The molecule has 17 heavy (non-hydrogen) atoms. The summed E-state index contributed by atoms with van der Waals surface area (Å²) in [5.74, 6) is 0.831. The minimum atomic E-state index is 0.189. The third kappa shape index (κ3) is 3.32. The molecule has 1 aromatic rings. The fourth-order valence-electron chi connectivity index (χ4n) is 2.04. The van der Waals surface area contributed by atoms with E-state index < -0.39 is 0 Å². The van der Waals surface area contributed by atoms with Gasteiger partial charge in [0.2, 0.25) is 5.91 Å². The molecule has 1 N–H and O–H groups in total. The summed E-state index contributed by atoms with van der Waals surface area (Å²) in [6, 6.07) is 10.3. The quantitative estimate of drug-likeness (QED) is 0.831. The normalized spacial score (nSPS) is 24.1. The third-order valence-corrected chi connectivity index (χ3v) is 4.27. The zero-order chi connectivity index (χ0) is 12.3. The number of nitrogens with one attached hydrogen (secondary N) is 1. The second-order valence-corrected chi connectivity index (χ2v) is 5.91. The summed E-state index contributed by atoms with van der Waals surface area (Å²) >= 11 is 3.52. The molecule has 0 radical (unpaired) electrons. The largest absolute Gasteiger partial charge is 0.355 e. The topological polar surface area (TPSA) is 29.1 Å². The summed E-state index contributed by atoms with van der Waals surface area (Å²) in [5.41, 5.74) is 1.29. The standard InChI is InChI=1S/C14H18BrNO/c1-2-11(15)9-16-14(17)13-8-12(13)10-6-4-3-5-7-10/h3-7,11-13H,2,8-9H2,1H3,(H,16,17). The number of rotatable bonds is 5. The van der Waals surface area contributed by atoms with Gasteiger partial charge in [0, 0.05) is 17.3 Å². The molecule has 3 atom stereocenters. The molecule has 3 unspecified atom stereocenters. The highest BCUT2D eigenvalue weighted by molar-refractivity contribution is 9.09. The highest BCUT2D eigenvalue weighted by Gasteiger charge is 2.43. The van der Waals surface area contributed by atoms with E-state index in [0.717, 1.165) is 19.4 Å². The first-order valence-corrected chi connectivity index (χ1v) is 7.10. The average molecular weight is 296 g/mol. The second-order valence-electron chi connectivity index (χ2n) is 4.61. The van der Waals surface area contributed by atoms with Gasteiger partial charge in [-0.15, -0.1) is 0 Å². The molecule has 0 heterocycles. The van der Waals surface area contributed by atoms with Crippen molar-refractivity contribution < 1.29 is 4.79 Å². The van der Waals surface area contributed by atoms with Gasteiger partial charge in [-0.05, 0) is 24.3 Å². The molecule has 1 fully saturated rings. The summed E-state index contributed by atoms with van der Waals surface area (Å²) in [4.78, 5) is 12.3. The molecule has 1 aromatic carbocycles. The molecule has 0 spiro atoms. The molecule has 1 aliphatic rings. The van der Waals surface area contributed by atoms with Gasteiger partial charge in [0.05, 0.1) is 0 Å². The SMILES string of the molecule is CCC(Br)CNC(=O)C1CC1c1ccccc1. The van der Waals surface area contributed by atoms with Gasteiger partial charge < -0.3 is 5.32 Å². The maximum Gasteiger partial charge on any atom is 0.223 e. The lowest BCUT2D eigenvalue weighted by atomic mass is 10.1. The first-order chi connectivity index (χ1) is 8.22. The number of carbonyl (C=O) groups excluding carboxylic acids is 1. The van der Waals surface area contributed by atoms with E-state index in [1.165, 1.54) is 5.56 Å². The highest BCUT2D eigenvalue weighted by atomic mass is 79.9. The van der Waals surface area contributed by atoms with Crippen LogP contribution in [0.2, 0.25) is 0 Å². The third-order valence-electron chi connectivity index (χ3n) is 3.30. The number of carbonyl (C=O) groups is 1. The molecular formula is C14H18BrNO. The van der Waals surface area contributed by atoms with Gasteiger partial charge in [-0.2, -0.15) is 0 Å². The lowest BCUT2D eigenvalue weighted by Crippen LogP contribution is -2.30. The lowest BCUT2D eigenvalue weighted by Gasteiger charge is -2.08. The smallest absolute Gasteiger partial charge is 0.223 e. The van der Waals surface area contributed by atoms with E-state index in [9.17, 15) is 4.79 Å². The van der Waals surface area contributed by atoms with Crippen LogP contribution in [0.25, 0.3) is 0 Å². The van der Waals surface area contributed by atoms with Crippen molar-refractivity contribution in [2.45, 2.75) is 30.5 Å². The van der Waals surface area contributed by atoms with E-state index in [1.54, 1.807) is 0 Å². The zero-order valence-electron chi connectivity index (χ0n) is 10.0. The Hall–Kier alpha value is -0.830. The van der Waals surface area contributed by atoms with E-state index in [1.807, 2.05) is 18.2 Å². The first-order valence-electron chi connectivity index (χ1n) is 6.19. The predicted molar refractivity (Wildman–Crippen MR) is 73.3 cm³/mol. The Morgan fingerprint density at radius 2 is 2.18 bits per heavy atom. The molecule has 3 heteroatoms. The molecular weight excluding hydrogens is 278 g/mol. The number of halogens is 1. The Balaban J connectivity index is 1.81. The van der Waals surface area contributed by atoms with Crippen molar-refractivity contribution in [3.05, 3.63) is 35.9 Å². The van der Waals surface area contributed by atoms with Gasteiger partial charge >= 0.3 is 0 Å². The molecule has 2 rings (SSSR count). The van der Waals surface area contributed by atoms with E-state index in [-0.39, 0.29) is 11.8 Å². The fraction of sp³-hybridized carbons (Fsp3) is 0.500.